The number of nitrogens with zero attached hydrogens (tertiary/aromatic N) is 1. The smallest absolute Gasteiger partial charge is 0.241 e. The van der Waals surface area contributed by atoms with Gasteiger partial charge in [0.15, 0.2) is 11.5 Å². The zero-order valence-corrected chi connectivity index (χ0v) is 19.2. The summed E-state index contributed by atoms with van der Waals surface area (Å²) in [5.41, 5.74) is 1.95. The highest BCUT2D eigenvalue weighted by atomic mass is 32.2. The Morgan fingerprint density at radius 3 is 2.33 bits per heavy atom. The predicted molar refractivity (Wildman–Crippen MR) is 119 cm³/mol. The number of fused-ring (bicyclic) bond motifs is 2. The molecule has 2 aromatic carbocycles. The Kier molecular flexibility index (Phi) is 5.62. The minimum absolute atomic E-state index is 0.0924. The van der Waals surface area contributed by atoms with Crippen molar-refractivity contribution in [1.29, 1.82) is 0 Å². The van der Waals surface area contributed by atoms with Gasteiger partial charge in [0, 0.05) is 6.54 Å². The second-order valence-corrected chi connectivity index (χ2v) is 10.6. The number of hydrogen-bond donors (Lipinski definition) is 1. The van der Waals surface area contributed by atoms with E-state index in [1.54, 1.807) is 43.3 Å². The molecule has 1 aliphatic carbocycles. The van der Waals surface area contributed by atoms with Gasteiger partial charge in [0.2, 0.25) is 28.6 Å². The molecule has 0 aromatic heterocycles. The van der Waals surface area contributed by atoms with Crippen LogP contribution in [0.15, 0.2) is 41.3 Å². The first-order chi connectivity index (χ1) is 15.8. The monoisotopic (exact) mass is 470 g/mol. The van der Waals surface area contributed by atoms with Crippen molar-refractivity contribution in [3.8, 4) is 11.5 Å². The second-order valence-electron chi connectivity index (χ2n) is 8.87. The number of ether oxygens (including phenoxy) is 2. The van der Waals surface area contributed by atoms with E-state index in [4.69, 9.17) is 9.47 Å². The molecule has 2 aromatic rings. The van der Waals surface area contributed by atoms with Crippen LogP contribution < -0.4 is 14.2 Å². The SMILES string of the molecule is Cc1ccc(CN2C(=O)C3CCCCC3C2=O)cc1S(=O)(=O)NCc1ccc2c(c1)OCO2. The molecule has 33 heavy (non-hydrogen) atoms. The summed E-state index contributed by atoms with van der Waals surface area (Å²) in [6, 6.07) is 10.3. The number of hydrogen-bond acceptors (Lipinski definition) is 6. The second kappa shape index (κ2) is 8.46. The van der Waals surface area contributed by atoms with Crippen LogP contribution >= 0.6 is 0 Å². The van der Waals surface area contributed by atoms with Gasteiger partial charge < -0.3 is 9.47 Å². The van der Waals surface area contributed by atoms with Crippen LogP contribution in [0.5, 0.6) is 11.5 Å². The quantitative estimate of drug-likeness (QED) is 0.652. The van der Waals surface area contributed by atoms with Gasteiger partial charge in [0.25, 0.3) is 0 Å². The Balaban J connectivity index is 1.32. The molecule has 5 rings (SSSR count). The Bertz CT molecular complexity index is 1200. The molecule has 0 radical (unpaired) electrons. The number of benzene rings is 2. The maximum absolute atomic E-state index is 13.1. The average molecular weight is 471 g/mol. The van der Waals surface area contributed by atoms with Crippen LogP contribution in [0.1, 0.15) is 42.4 Å². The van der Waals surface area contributed by atoms with Crippen LogP contribution in [0.3, 0.4) is 0 Å². The number of nitrogens with one attached hydrogen (secondary N) is 1. The number of likely N-dealkylation sites (tertiary alicyclic amines) is 1. The van der Waals surface area contributed by atoms with Gasteiger partial charge in [-0.3, -0.25) is 14.5 Å². The predicted octanol–water partition coefficient (Wildman–Crippen LogP) is 2.88. The fraction of sp³-hybridized carbons (Fsp3) is 0.417. The molecule has 8 nitrogen and oxygen atoms in total. The highest BCUT2D eigenvalue weighted by Crippen LogP contribution is 2.38. The first-order valence-electron chi connectivity index (χ1n) is 11.2. The molecule has 2 fully saturated rings. The minimum atomic E-state index is -3.82. The third-order valence-corrected chi connectivity index (χ3v) is 8.26. The van der Waals surface area contributed by atoms with E-state index < -0.39 is 10.0 Å². The number of rotatable bonds is 6. The lowest BCUT2D eigenvalue weighted by Gasteiger charge is -2.19. The van der Waals surface area contributed by atoms with Crippen molar-refractivity contribution in [3.05, 3.63) is 53.1 Å². The molecule has 0 bridgehead atoms. The average Bonchev–Trinajstić information content (AvgIpc) is 3.37. The molecular weight excluding hydrogens is 444 g/mol. The van der Waals surface area contributed by atoms with Gasteiger partial charge in [0.1, 0.15) is 0 Å². The largest absolute Gasteiger partial charge is 0.454 e. The number of sulfonamides is 1. The van der Waals surface area contributed by atoms with Crippen LogP contribution in [0.2, 0.25) is 0 Å². The van der Waals surface area contributed by atoms with E-state index in [2.05, 4.69) is 4.72 Å². The van der Waals surface area contributed by atoms with Gasteiger partial charge in [-0.15, -0.1) is 0 Å². The van der Waals surface area contributed by atoms with E-state index in [1.165, 1.54) is 4.90 Å². The van der Waals surface area contributed by atoms with Gasteiger partial charge in [-0.2, -0.15) is 0 Å². The first kappa shape index (κ1) is 21.9. The molecule has 2 heterocycles. The van der Waals surface area contributed by atoms with Crippen molar-refractivity contribution in [2.75, 3.05) is 6.79 Å². The Morgan fingerprint density at radius 2 is 1.61 bits per heavy atom. The molecule has 2 amide bonds. The van der Waals surface area contributed by atoms with E-state index in [0.29, 0.717) is 22.6 Å². The van der Waals surface area contributed by atoms with E-state index in [-0.39, 0.29) is 48.4 Å². The third-order valence-electron chi connectivity index (χ3n) is 6.72. The van der Waals surface area contributed by atoms with Crippen LogP contribution in [0.4, 0.5) is 0 Å². The molecule has 9 heteroatoms. The fourth-order valence-electron chi connectivity index (χ4n) is 4.91. The van der Waals surface area contributed by atoms with Crippen molar-refractivity contribution >= 4 is 21.8 Å². The molecule has 1 saturated carbocycles. The highest BCUT2D eigenvalue weighted by molar-refractivity contribution is 7.89. The van der Waals surface area contributed by atoms with Crippen LogP contribution in [-0.2, 0) is 32.7 Å². The maximum atomic E-state index is 13.1. The van der Waals surface area contributed by atoms with E-state index >= 15 is 0 Å². The van der Waals surface area contributed by atoms with Crippen LogP contribution in [0, 0.1) is 18.8 Å². The Morgan fingerprint density at radius 1 is 0.939 bits per heavy atom. The molecule has 2 aliphatic heterocycles. The van der Waals surface area contributed by atoms with Crippen LogP contribution in [0.25, 0.3) is 0 Å². The standard InChI is InChI=1S/C24H26N2O6S/c1-15-6-7-17(13-26-23(27)18-4-2-3-5-19(18)24(26)28)11-22(15)33(29,30)25-12-16-8-9-20-21(10-16)32-14-31-20/h6-11,18-19,25H,2-5,12-14H2,1H3. The van der Waals surface area contributed by atoms with Gasteiger partial charge in [-0.1, -0.05) is 31.0 Å². The highest BCUT2D eigenvalue weighted by Gasteiger charge is 2.47. The molecule has 174 valence electrons. The lowest BCUT2D eigenvalue weighted by atomic mass is 9.81. The number of carbonyl (C=O) groups is 2. The zero-order chi connectivity index (χ0) is 23.2. The minimum Gasteiger partial charge on any atom is -0.454 e. The van der Waals surface area contributed by atoms with Gasteiger partial charge >= 0.3 is 0 Å². The molecule has 2 atom stereocenters. The lowest BCUT2D eigenvalue weighted by Crippen LogP contribution is -2.30. The van der Waals surface area contributed by atoms with Gasteiger partial charge in [-0.25, -0.2) is 13.1 Å². The topological polar surface area (TPSA) is 102 Å². The summed E-state index contributed by atoms with van der Waals surface area (Å²) in [4.78, 5) is 27.0. The van der Waals surface area contributed by atoms with Gasteiger partial charge in [0.05, 0.1) is 23.3 Å². The van der Waals surface area contributed by atoms with E-state index in [1.807, 2.05) is 0 Å². The number of carbonyl (C=O) groups excluding carboxylic acids is 2. The first-order valence-corrected chi connectivity index (χ1v) is 12.6. The summed E-state index contributed by atoms with van der Waals surface area (Å²) in [5, 5.41) is 0. The number of imide groups is 1. The van der Waals surface area contributed by atoms with Crippen molar-refractivity contribution in [2.45, 2.75) is 50.6 Å². The molecule has 2 unspecified atom stereocenters. The lowest BCUT2D eigenvalue weighted by molar-refractivity contribution is -0.140. The molecular formula is C24H26N2O6S. The van der Waals surface area contributed by atoms with E-state index in [9.17, 15) is 18.0 Å². The normalized spacial score (nSPS) is 22.0. The molecule has 3 aliphatic rings. The summed E-state index contributed by atoms with van der Waals surface area (Å²) in [5.74, 6) is 0.527. The third kappa shape index (κ3) is 4.11. The Hall–Kier alpha value is -2.91. The Labute approximate surface area is 192 Å². The van der Waals surface area contributed by atoms with E-state index in [0.717, 1.165) is 31.2 Å². The van der Waals surface area contributed by atoms with Gasteiger partial charge in [-0.05, 0) is 54.7 Å². The van der Waals surface area contributed by atoms with Crippen molar-refractivity contribution < 1.29 is 27.5 Å². The molecule has 0 spiro atoms. The summed E-state index contributed by atoms with van der Waals surface area (Å²) < 4.78 is 39.4. The van der Waals surface area contributed by atoms with Crippen molar-refractivity contribution in [1.82, 2.24) is 9.62 Å². The fourth-order valence-corrected chi connectivity index (χ4v) is 6.22. The summed E-state index contributed by atoms with van der Waals surface area (Å²) in [6.45, 7) is 2.06. The molecule has 1 saturated heterocycles. The summed E-state index contributed by atoms with van der Waals surface area (Å²) in [7, 11) is -3.82. The van der Waals surface area contributed by atoms with Crippen molar-refractivity contribution in [2.24, 2.45) is 11.8 Å². The molecule has 1 N–H and O–H groups in total. The van der Waals surface area contributed by atoms with Crippen LogP contribution in [-0.4, -0.2) is 31.9 Å². The summed E-state index contributed by atoms with van der Waals surface area (Å²) in [6.07, 6.45) is 3.44. The number of aryl methyl sites for hydroxylation is 1. The zero-order valence-electron chi connectivity index (χ0n) is 18.4. The van der Waals surface area contributed by atoms with Crippen molar-refractivity contribution in [3.63, 3.8) is 0 Å². The summed E-state index contributed by atoms with van der Waals surface area (Å²) >= 11 is 0. The number of amides is 2. The maximum Gasteiger partial charge on any atom is 0.241 e.